The van der Waals surface area contributed by atoms with Crippen LogP contribution in [0.2, 0.25) is 5.02 Å². The van der Waals surface area contributed by atoms with E-state index in [0.29, 0.717) is 23.7 Å². The number of nitrogens with one attached hydrogen (secondary N) is 1. The Balaban J connectivity index is 2.03. The molecule has 3 aromatic carbocycles. The highest BCUT2D eigenvalue weighted by molar-refractivity contribution is 7.98. The molecule has 0 aromatic heterocycles. The number of benzene rings is 3. The number of halogens is 1. The molecule has 7 nitrogen and oxygen atoms in total. The van der Waals surface area contributed by atoms with Crippen LogP contribution in [-0.2, 0) is 26.2 Å². The van der Waals surface area contributed by atoms with Gasteiger partial charge < -0.3 is 10.2 Å². The lowest BCUT2D eigenvalue weighted by Gasteiger charge is -2.33. The van der Waals surface area contributed by atoms with Crippen molar-refractivity contribution in [3.63, 3.8) is 0 Å². The fourth-order valence-electron chi connectivity index (χ4n) is 4.24. The molecule has 0 spiro atoms. The highest BCUT2D eigenvalue weighted by Gasteiger charge is 2.33. The Labute approximate surface area is 253 Å². The van der Waals surface area contributed by atoms with E-state index in [4.69, 9.17) is 11.6 Å². The van der Waals surface area contributed by atoms with Crippen molar-refractivity contribution in [1.29, 1.82) is 0 Å². The van der Waals surface area contributed by atoms with Crippen LogP contribution in [0, 0.1) is 12.8 Å². The minimum absolute atomic E-state index is 0.0784. The lowest BCUT2D eigenvalue weighted by atomic mass is 10.1. The largest absolute Gasteiger partial charge is 0.354 e. The molecular formula is C31H38ClN3O4S2. The average molecular weight is 616 g/mol. The van der Waals surface area contributed by atoms with Crippen molar-refractivity contribution in [2.24, 2.45) is 5.92 Å². The summed E-state index contributed by atoms with van der Waals surface area (Å²) in [4.78, 5) is 29.8. The van der Waals surface area contributed by atoms with Gasteiger partial charge in [0, 0.05) is 23.0 Å². The zero-order valence-electron chi connectivity index (χ0n) is 24.1. The molecule has 0 bridgehead atoms. The molecule has 3 aromatic rings. The molecule has 1 atom stereocenters. The van der Waals surface area contributed by atoms with Crippen LogP contribution in [-0.4, -0.2) is 50.5 Å². The molecule has 3 rings (SSSR count). The number of anilines is 1. The third-order valence-electron chi connectivity index (χ3n) is 6.58. The maximum absolute atomic E-state index is 14.1. The van der Waals surface area contributed by atoms with Crippen molar-refractivity contribution in [1.82, 2.24) is 10.2 Å². The van der Waals surface area contributed by atoms with Gasteiger partial charge in [-0.1, -0.05) is 62.2 Å². The van der Waals surface area contributed by atoms with E-state index in [0.717, 1.165) is 20.3 Å². The molecule has 220 valence electrons. The molecule has 0 unspecified atom stereocenters. The Morgan fingerprint density at radius 2 is 1.56 bits per heavy atom. The van der Waals surface area contributed by atoms with Crippen LogP contribution in [0.1, 0.15) is 38.3 Å². The summed E-state index contributed by atoms with van der Waals surface area (Å²) >= 11 is 7.59. The molecular weight excluding hydrogens is 578 g/mol. The number of hydrogen-bond acceptors (Lipinski definition) is 5. The normalized spacial score (nSPS) is 12.2. The minimum atomic E-state index is -4.11. The van der Waals surface area contributed by atoms with Gasteiger partial charge in [-0.3, -0.25) is 13.9 Å². The molecule has 0 aliphatic heterocycles. The Morgan fingerprint density at radius 1 is 0.951 bits per heavy atom. The molecule has 10 heteroatoms. The molecule has 0 heterocycles. The minimum Gasteiger partial charge on any atom is -0.354 e. The molecule has 0 aliphatic carbocycles. The number of nitrogens with zero attached hydrogens (tertiary/aromatic N) is 2. The highest BCUT2D eigenvalue weighted by Crippen LogP contribution is 2.27. The van der Waals surface area contributed by atoms with Crippen molar-refractivity contribution in [3.05, 3.63) is 88.9 Å². The molecule has 1 N–H and O–H groups in total. The number of carbonyl (C=O) groups is 2. The van der Waals surface area contributed by atoms with Crippen LogP contribution in [0.25, 0.3) is 0 Å². The Kier molecular flexibility index (Phi) is 11.7. The second kappa shape index (κ2) is 14.8. The molecule has 41 heavy (non-hydrogen) atoms. The van der Waals surface area contributed by atoms with E-state index in [1.807, 2.05) is 34.0 Å². The third-order valence-corrected chi connectivity index (χ3v) is 9.37. The van der Waals surface area contributed by atoms with Gasteiger partial charge in [0.25, 0.3) is 10.0 Å². The monoisotopic (exact) mass is 615 g/mol. The van der Waals surface area contributed by atoms with Crippen molar-refractivity contribution >= 4 is 50.9 Å². The van der Waals surface area contributed by atoms with Gasteiger partial charge in [-0.05, 0) is 79.6 Å². The first-order valence-electron chi connectivity index (χ1n) is 13.5. The standard InChI is InChI=1S/C31H38ClN3O4S2/c1-6-29(31(37)33-19-22(2)3)34(20-24-9-11-25(32)12-10-24)30(36)21-35(26-13-7-23(4)8-14-26)41(38,39)28-17-15-27(40-5)16-18-28/h7-18,22,29H,6,19-21H2,1-5H3,(H,33,37)/t29-/m1/s1. The lowest BCUT2D eigenvalue weighted by Crippen LogP contribution is -2.52. The summed E-state index contributed by atoms with van der Waals surface area (Å²) in [7, 11) is -4.11. The predicted octanol–water partition coefficient (Wildman–Crippen LogP) is 6.15. The zero-order valence-corrected chi connectivity index (χ0v) is 26.5. The summed E-state index contributed by atoms with van der Waals surface area (Å²) in [5.74, 6) is -0.533. The first-order valence-corrected chi connectivity index (χ1v) is 16.6. The first-order chi connectivity index (χ1) is 19.5. The quantitative estimate of drug-likeness (QED) is 0.233. The van der Waals surface area contributed by atoms with Crippen molar-refractivity contribution in [2.45, 2.75) is 56.5 Å². The molecule has 0 fully saturated rings. The first kappa shape index (κ1) is 32.5. The summed E-state index contributed by atoms with van der Waals surface area (Å²) in [6, 6.07) is 19.8. The summed E-state index contributed by atoms with van der Waals surface area (Å²) in [5.41, 5.74) is 2.09. The Hall–Kier alpha value is -3.01. The second-order valence-corrected chi connectivity index (χ2v) is 13.4. The van der Waals surface area contributed by atoms with E-state index in [-0.39, 0.29) is 23.3 Å². The zero-order chi connectivity index (χ0) is 30.2. The molecule has 2 amide bonds. The van der Waals surface area contributed by atoms with Crippen LogP contribution < -0.4 is 9.62 Å². The summed E-state index contributed by atoms with van der Waals surface area (Å²) < 4.78 is 29.1. The van der Waals surface area contributed by atoms with E-state index in [1.54, 1.807) is 72.8 Å². The number of sulfonamides is 1. The van der Waals surface area contributed by atoms with E-state index in [9.17, 15) is 18.0 Å². The number of carbonyl (C=O) groups excluding carboxylic acids is 2. The molecule has 0 saturated carbocycles. The Bertz CT molecular complexity index is 1410. The predicted molar refractivity (Wildman–Crippen MR) is 168 cm³/mol. The molecule has 0 aliphatic rings. The van der Waals surface area contributed by atoms with Crippen LogP contribution in [0.15, 0.2) is 82.6 Å². The maximum Gasteiger partial charge on any atom is 0.264 e. The SMILES string of the molecule is CC[C@H](C(=O)NCC(C)C)N(Cc1ccc(Cl)cc1)C(=O)CN(c1ccc(C)cc1)S(=O)(=O)c1ccc(SC)cc1. The summed E-state index contributed by atoms with van der Waals surface area (Å²) in [5, 5.41) is 3.49. The lowest BCUT2D eigenvalue weighted by molar-refractivity contribution is -0.140. The average Bonchev–Trinajstić information content (AvgIpc) is 2.96. The number of hydrogen-bond donors (Lipinski definition) is 1. The number of amides is 2. The van der Waals surface area contributed by atoms with Crippen LogP contribution >= 0.6 is 23.4 Å². The van der Waals surface area contributed by atoms with Crippen LogP contribution in [0.3, 0.4) is 0 Å². The summed E-state index contributed by atoms with van der Waals surface area (Å²) in [6.45, 7) is 7.84. The van der Waals surface area contributed by atoms with Crippen molar-refractivity contribution < 1.29 is 18.0 Å². The van der Waals surface area contributed by atoms with Gasteiger partial charge in [0.05, 0.1) is 10.6 Å². The van der Waals surface area contributed by atoms with Gasteiger partial charge in [-0.2, -0.15) is 0 Å². The van der Waals surface area contributed by atoms with Crippen molar-refractivity contribution in [3.8, 4) is 0 Å². The fourth-order valence-corrected chi connectivity index (χ4v) is 6.19. The van der Waals surface area contributed by atoms with Gasteiger partial charge in [-0.15, -0.1) is 11.8 Å². The van der Waals surface area contributed by atoms with Gasteiger partial charge in [0.2, 0.25) is 11.8 Å². The topological polar surface area (TPSA) is 86.8 Å². The van der Waals surface area contributed by atoms with Crippen LogP contribution in [0.5, 0.6) is 0 Å². The highest BCUT2D eigenvalue weighted by atomic mass is 35.5. The van der Waals surface area contributed by atoms with E-state index in [2.05, 4.69) is 5.32 Å². The van der Waals surface area contributed by atoms with Gasteiger partial charge in [0.15, 0.2) is 0 Å². The Morgan fingerprint density at radius 3 is 2.10 bits per heavy atom. The number of aryl methyl sites for hydroxylation is 1. The van der Waals surface area contributed by atoms with Gasteiger partial charge >= 0.3 is 0 Å². The van der Waals surface area contributed by atoms with E-state index >= 15 is 0 Å². The van der Waals surface area contributed by atoms with E-state index in [1.165, 1.54) is 16.7 Å². The maximum atomic E-state index is 14.1. The smallest absolute Gasteiger partial charge is 0.264 e. The molecule has 0 saturated heterocycles. The number of rotatable bonds is 13. The van der Waals surface area contributed by atoms with Crippen LogP contribution in [0.4, 0.5) is 5.69 Å². The third kappa shape index (κ3) is 8.74. The van der Waals surface area contributed by atoms with Gasteiger partial charge in [-0.25, -0.2) is 8.42 Å². The second-order valence-electron chi connectivity index (χ2n) is 10.2. The van der Waals surface area contributed by atoms with E-state index < -0.39 is 28.5 Å². The van der Waals surface area contributed by atoms with Crippen molar-refractivity contribution in [2.75, 3.05) is 23.7 Å². The van der Waals surface area contributed by atoms with Gasteiger partial charge in [0.1, 0.15) is 12.6 Å². The summed E-state index contributed by atoms with van der Waals surface area (Å²) in [6.07, 6.45) is 2.27. The molecule has 0 radical (unpaired) electrons. The fraction of sp³-hybridized carbons (Fsp3) is 0.355. The number of thioether (sulfide) groups is 1.